The molecule has 0 saturated carbocycles. The predicted octanol–water partition coefficient (Wildman–Crippen LogP) is -0.736. The smallest absolute Gasteiger partial charge is 0.156 e. The quantitative estimate of drug-likeness (QED) is 0.580. The minimum atomic E-state index is -0.588. The van der Waals surface area contributed by atoms with E-state index in [9.17, 15) is 0 Å². The van der Waals surface area contributed by atoms with E-state index in [1.54, 1.807) is 0 Å². The second-order valence-corrected chi connectivity index (χ2v) is 5.27. The molecule has 0 aliphatic heterocycles. The first-order valence-electron chi connectivity index (χ1n) is 1.80. The van der Waals surface area contributed by atoms with Gasteiger partial charge in [-0.1, -0.05) is 0 Å². The molecule has 1 nitrogen and oxygen atoms in total. The molecule has 0 amide bonds. The largest absolute Gasteiger partial charge is 0.466 e. The molecule has 43 valence electrons. The fourth-order valence-electron chi connectivity index (χ4n) is 0. The molecule has 0 spiro atoms. The van der Waals surface area contributed by atoms with Crippen LogP contribution in [0, 0.1) is 0 Å². The van der Waals surface area contributed by atoms with E-state index >= 15 is 0 Å². The van der Waals surface area contributed by atoms with Gasteiger partial charge in [0.15, 0.2) is 9.04 Å². The van der Waals surface area contributed by atoms with Crippen molar-refractivity contribution in [2.75, 3.05) is 0 Å². The van der Waals surface area contributed by atoms with Crippen LogP contribution in [0.3, 0.4) is 0 Å². The molecule has 0 aliphatic rings. The minimum Gasteiger partial charge on any atom is -0.466 e. The SMILES string of the molecule is C[SiH](C)O[SiH3].[Au]. The van der Waals surface area contributed by atoms with E-state index in [0.29, 0.717) is 0 Å². The summed E-state index contributed by atoms with van der Waals surface area (Å²) in [7, 11) is 0.347. The molecular weight excluding hydrogens is 293 g/mol. The summed E-state index contributed by atoms with van der Waals surface area (Å²) < 4.78 is 5.03. The van der Waals surface area contributed by atoms with Crippen LogP contribution in [0.25, 0.3) is 0 Å². The third-order valence-corrected chi connectivity index (χ3v) is 4.24. The van der Waals surface area contributed by atoms with E-state index in [2.05, 4.69) is 13.1 Å². The molecule has 0 aromatic carbocycles. The van der Waals surface area contributed by atoms with Gasteiger partial charge in [0, 0.05) is 22.4 Å². The zero-order chi connectivity index (χ0) is 4.28. The first kappa shape index (κ1) is 10.2. The first-order valence-corrected chi connectivity index (χ1v) is 5.40. The Morgan fingerprint density at radius 2 is 1.67 bits per heavy atom. The van der Waals surface area contributed by atoms with Crippen LogP contribution in [0.5, 0.6) is 0 Å². The van der Waals surface area contributed by atoms with Gasteiger partial charge in [-0.25, -0.2) is 0 Å². The maximum atomic E-state index is 5.03. The molecule has 0 N–H and O–H groups in total. The van der Waals surface area contributed by atoms with Gasteiger partial charge in [-0.3, -0.25) is 0 Å². The van der Waals surface area contributed by atoms with E-state index in [-0.39, 0.29) is 22.4 Å². The maximum Gasteiger partial charge on any atom is 0.156 e. The zero-order valence-electron chi connectivity index (χ0n) is 4.29. The molecule has 0 heterocycles. The Labute approximate surface area is 59.2 Å². The summed E-state index contributed by atoms with van der Waals surface area (Å²) in [6, 6.07) is 0. The Morgan fingerprint density at radius 3 is 1.67 bits per heavy atom. The van der Waals surface area contributed by atoms with Crippen molar-refractivity contribution in [2.45, 2.75) is 13.1 Å². The Kier molecular flexibility index (Phi) is 10.4. The fourth-order valence-corrected chi connectivity index (χ4v) is 0. The third-order valence-electron chi connectivity index (χ3n) is 0.471. The first-order chi connectivity index (χ1) is 2.27. The van der Waals surface area contributed by atoms with Crippen molar-refractivity contribution in [3.05, 3.63) is 0 Å². The van der Waals surface area contributed by atoms with Crippen LogP contribution in [0.2, 0.25) is 13.1 Å². The van der Waals surface area contributed by atoms with Crippen molar-refractivity contribution in [2.24, 2.45) is 0 Å². The van der Waals surface area contributed by atoms with Gasteiger partial charge in [-0.05, 0) is 13.1 Å². The van der Waals surface area contributed by atoms with Gasteiger partial charge >= 0.3 is 0 Å². The van der Waals surface area contributed by atoms with Crippen LogP contribution < -0.4 is 0 Å². The standard InChI is InChI=1S/C2H10OSi2.Au/c1-5(2)3-4;/h5H,1-2,4H3;. The summed E-state index contributed by atoms with van der Waals surface area (Å²) in [6.45, 7) is 4.35. The van der Waals surface area contributed by atoms with Crippen molar-refractivity contribution in [1.82, 2.24) is 0 Å². The minimum absolute atomic E-state index is 0. The molecule has 1 radical (unpaired) electrons. The summed E-state index contributed by atoms with van der Waals surface area (Å²) in [5, 5.41) is 0. The summed E-state index contributed by atoms with van der Waals surface area (Å²) in [5.41, 5.74) is 0. The Balaban J connectivity index is 0. The molecule has 0 aliphatic carbocycles. The summed E-state index contributed by atoms with van der Waals surface area (Å²) in [4.78, 5) is 0. The molecular formula is C2H10AuOSi2. The second kappa shape index (κ2) is 6.13. The Hall–Kier alpha value is 1.13. The molecule has 0 rings (SSSR count). The van der Waals surface area contributed by atoms with Gasteiger partial charge in [0.1, 0.15) is 10.5 Å². The average molecular weight is 303 g/mol. The van der Waals surface area contributed by atoms with E-state index < -0.39 is 9.04 Å². The summed E-state index contributed by atoms with van der Waals surface area (Å²) >= 11 is 0. The Morgan fingerprint density at radius 1 is 1.50 bits per heavy atom. The van der Waals surface area contributed by atoms with Gasteiger partial charge in [-0.15, -0.1) is 0 Å². The van der Waals surface area contributed by atoms with Crippen LogP contribution >= 0.6 is 0 Å². The van der Waals surface area contributed by atoms with Gasteiger partial charge in [0.2, 0.25) is 0 Å². The monoisotopic (exact) mass is 303 g/mol. The maximum absolute atomic E-state index is 5.03. The molecule has 0 saturated heterocycles. The van der Waals surface area contributed by atoms with Crippen molar-refractivity contribution in [3.63, 3.8) is 0 Å². The number of rotatable bonds is 1. The molecule has 0 atom stereocenters. The normalized spacial score (nSPS) is 8.50. The van der Waals surface area contributed by atoms with Gasteiger partial charge in [0.25, 0.3) is 0 Å². The van der Waals surface area contributed by atoms with Crippen molar-refractivity contribution < 1.29 is 26.5 Å². The van der Waals surface area contributed by atoms with Crippen LogP contribution in [-0.4, -0.2) is 19.5 Å². The fraction of sp³-hybridized carbons (Fsp3) is 1.00. The summed E-state index contributed by atoms with van der Waals surface area (Å²) in [6.07, 6.45) is 0. The van der Waals surface area contributed by atoms with Crippen LogP contribution in [-0.2, 0) is 26.5 Å². The molecule has 6 heavy (non-hydrogen) atoms. The van der Waals surface area contributed by atoms with Crippen LogP contribution in [0.4, 0.5) is 0 Å². The van der Waals surface area contributed by atoms with E-state index in [0.717, 1.165) is 10.5 Å². The molecule has 0 aromatic rings. The van der Waals surface area contributed by atoms with Crippen molar-refractivity contribution in [3.8, 4) is 0 Å². The van der Waals surface area contributed by atoms with E-state index in [4.69, 9.17) is 4.12 Å². The summed E-state index contributed by atoms with van der Waals surface area (Å²) in [5.74, 6) is 0. The topological polar surface area (TPSA) is 9.23 Å². The second-order valence-electron chi connectivity index (χ2n) is 1.28. The van der Waals surface area contributed by atoms with Gasteiger partial charge < -0.3 is 4.12 Å². The number of hydrogen-bond acceptors (Lipinski definition) is 1. The molecule has 0 aromatic heterocycles. The zero-order valence-corrected chi connectivity index (χ0v) is 9.61. The molecule has 4 heteroatoms. The molecule has 0 unspecified atom stereocenters. The van der Waals surface area contributed by atoms with Gasteiger partial charge in [-0.2, -0.15) is 0 Å². The van der Waals surface area contributed by atoms with E-state index in [1.807, 2.05) is 0 Å². The van der Waals surface area contributed by atoms with Crippen LogP contribution in [0.1, 0.15) is 0 Å². The van der Waals surface area contributed by atoms with Gasteiger partial charge in [0.05, 0.1) is 0 Å². The average Bonchev–Trinajstić information content (AvgIpc) is 1.38. The van der Waals surface area contributed by atoms with Crippen molar-refractivity contribution >= 4 is 19.5 Å². The third kappa shape index (κ3) is 8.93. The molecule has 0 fully saturated rings. The van der Waals surface area contributed by atoms with Crippen LogP contribution in [0.15, 0.2) is 0 Å². The predicted molar refractivity (Wildman–Crippen MR) is 29.9 cm³/mol. The Bertz CT molecular complexity index is 25.5. The molecule has 0 bridgehead atoms. The van der Waals surface area contributed by atoms with E-state index in [1.165, 1.54) is 0 Å². The van der Waals surface area contributed by atoms with Crippen molar-refractivity contribution in [1.29, 1.82) is 0 Å². The number of hydrogen-bond donors (Lipinski definition) is 0.